The number of carbonyl (C=O) groups excluding carboxylic acids is 1. The zero-order valence-electron chi connectivity index (χ0n) is 9.75. The van der Waals surface area contributed by atoms with Gasteiger partial charge in [-0.15, -0.1) is 0 Å². The maximum Gasteiger partial charge on any atom is 0.138 e. The molecule has 1 aliphatic heterocycles. The second-order valence-electron chi connectivity index (χ2n) is 4.59. The van der Waals surface area contributed by atoms with Gasteiger partial charge in [-0.3, -0.25) is 9.69 Å². The fourth-order valence-electron chi connectivity index (χ4n) is 2.13. The summed E-state index contributed by atoms with van der Waals surface area (Å²) in [5, 5.41) is 0.453. The molecule has 4 heteroatoms. The molecule has 2 rings (SSSR count). The summed E-state index contributed by atoms with van der Waals surface area (Å²) in [6.07, 6.45) is 0.597. The number of piperidine rings is 1. The van der Waals surface area contributed by atoms with E-state index in [1.807, 2.05) is 6.92 Å². The van der Waals surface area contributed by atoms with Crippen molar-refractivity contribution in [3.8, 4) is 0 Å². The van der Waals surface area contributed by atoms with Crippen LogP contribution < -0.4 is 0 Å². The third kappa shape index (κ3) is 3.05. The largest absolute Gasteiger partial charge is 0.299 e. The molecule has 1 heterocycles. The van der Waals surface area contributed by atoms with Crippen molar-refractivity contribution in [2.24, 2.45) is 5.92 Å². The Morgan fingerprint density at radius 1 is 1.53 bits per heavy atom. The molecule has 1 aromatic rings. The molecule has 0 saturated carbocycles. The average Bonchev–Trinajstić information content (AvgIpc) is 2.27. The van der Waals surface area contributed by atoms with Crippen molar-refractivity contribution in [1.82, 2.24) is 4.90 Å². The minimum atomic E-state index is -0.319. The van der Waals surface area contributed by atoms with Gasteiger partial charge < -0.3 is 0 Å². The molecule has 0 amide bonds. The first-order valence-electron chi connectivity index (χ1n) is 5.75. The predicted octanol–water partition coefficient (Wildman–Crippen LogP) is 2.89. The van der Waals surface area contributed by atoms with Crippen LogP contribution >= 0.6 is 11.6 Å². The van der Waals surface area contributed by atoms with Crippen LogP contribution in [0.3, 0.4) is 0 Å². The Labute approximate surface area is 105 Å². The van der Waals surface area contributed by atoms with E-state index in [2.05, 4.69) is 4.90 Å². The molecule has 2 nitrogen and oxygen atoms in total. The van der Waals surface area contributed by atoms with E-state index in [9.17, 15) is 9.18 Å². The maximum atomic E-state index is 12.9. The Bertz CT molecular complexity index is 435. The molecule has 0 N–H and O–H groups in total. The Morgan fingerprint density at radius 2 is 2.29 bits per heavy atom. The lowest BCUT2D eigenvalue weighted by Gasteiger charge is -2.30. The van der Waals surface area contributed by atoms with Crippen LogP contribution in [-0.2, 0) is 11.3 Å². The Kier molecular flexibility index (Phi) is 3.79. The highest BCUT2D eigenvalue weighted by Gasteiger charge is 2.23. The number of carbonyl (C=O) groups is 1. The molecule has 1 saturated heterocycles. The highest BCUT2D eigenvalue weighted by Crippen LogP contribution is 2.21. The molecule has 0 bridgehead atoms. The van der Waals surface area contributed by atoms with Crippen LogP contribution in [0.15, 0.2) is 18.2 Å². The molecular weight excluding hydrogens is 241 g/mol. The lowest BCUT2D eigenvalue weighted by Crippen LogP contribution is -2.39. The molecule has 0 radical (unpaired) electrons. The quantitative estimate of drug-likeness (QED) is 0.810. The molecular formula is C13H15ClFNO. The first kappa shape index (κ1) is 12.5. The van der Waals surface area contributed by atoms with Crippen LogP contribution in [0, 0.1) is 11.7 Å². The lowest BCUT2D eigenvalue weighted by atomic mass is 9.98. The van der Waals surface area contributed by atoms with Crippen LogP contribution in [0.4, 0.5) is 4.39 Å². The second kappa shape index (κ2) is 5.15. The molecule has 1 fully saturated rings. The van der Waals surface area contributed by atoms with Crippen LogP contribution in [0.5, 0.6) is 0 Å². The number of halogens is 2. The van der Waals surface area contributed by atoms with Gasteiger partial charge in [-0.1, -0.05) is 24.6 Å². The van der Waals surface area contributed by atoms with Crippen LogP contribution in [0.25, 0.3) is 0 Å². The molecule has 0 spiro atoms. The van der Waals surface area contributed by atoms with E-state index in [0.29, 0.717) is 23.8 Å². The van der Waals surface area contributed by atoms with Gasteiger partial charge in [0.15, 0.2) is 0 Å². The summed E-state index contributed by atoms with van der Waals surface area (Å²) in [6, 6.07) is 4.45. The molecule has 92 valence electrons. The van der Waals surface area contributed by atoms with Gasteiger partial charge in [0.2, 0.25) is 0 Å². The summed E-state index contributed by atoms with van der Waals surface area (Å²) in [5.41, 5.74) is 0.912. The molecule has 1 unspecified atom stereocenters. The Hall–Kier alpha value is -0.930. The van der Waals surface area contributed by atoms with Crippen LogP contribution in [0.1, 0.15) is 18.9 Å². The Balaban J connectivity index is 2.03. The van der Waals surface area contributed by atoms with Gasteiger partial charge in [0.1, 0.15) is 11.6 Å². The summed E-state index contributed by atoms with van der Waals surface area (Å²) in [7, 11) is 0. The fourth-order valence-corrected chi connectivity index (χ4v) is 2.36. The van der Waals surface area contributed by atoms with Gasteiger partial charge in [-0.25, -0.2) is 4.39 Å². The van der Waals surface area contributed by atoms with E-state index in [1.54, 1.807) is 6.07 Å². The molecule has 17 heavy (non-hydrogen) atoms. The summed E-state index contributed by atoms with van der Waals surface area (Å²) in [6.45, 7) is 4.14. The van der Waals surface area contributed by atoms with Crippen molar-refractivity contribution < 1.29 is 9.18 Å². The number of hydrogen-bond donors (Lipinski definition) is 0. The summed E-state index contributed by atoms with van der Waals surface area (Å²) >= 11 is 5.98. The first-order valence-corrected chi connectivity index (χ1v) is 6.13. The van der Waals surface area contributed by atoms with Crippen LogP contribution in [0.2, 0.25) is 5.02 Å². The van der Waals surface area contributed by atoms with Crippen molar-refractivity contribution in [3.63, 3.8) is 0 Å². The van der Waals surface area contributed by atoms with Crippen molar-refractivity contribution in [2.75, 3.05) is 13.1 Å². The highest BCUT2D eigenvalue weighted by atomic mass is 35.5. The molecule has 0 aliphatic carbocycles. The minimum absolute atomic E-state index is 0.0861. The third-order valence-corrected chi connectivity index (χ3v) is 3.52. The number of likely N-dealkylation sites (tertiary alicyclic amines) is 1. The number of ketones is 1. The predicted molar refractivity (Wildman–Crippen MR) is 65.5 cm³/mol. The van der Waals surface area contributed by atoms with E-state index < -0.39 is 0 Å². The lowest BCUT2D eigenvalue weighted by molar-refractivity contribution is -0.125. The second-order valence-corrected chi connectivity index (χ2v) is 5.00. The maximum absolute atomic E-state index is 12.9. The van der Waals surface area contributed by atoms with E-state index in [0.717, 1.165) is 18.7 Å². The molecule has 1 atom stereocenters. The first-order chi connectivity index (χ1) is 8.06. The van der Waals surface area contributed by atoms with E-state index in [4.69, 9.17) is 11.6 Å². The Morgan fingerprint density at radius 3 is 2.94 bits per heavy atom. The smallest absolute Gasteiger partial charge is 0.138 e. The van der Waals surface area contributed by atoms with Gasteiger partial charge in [0.05, 0.1) is 0 Å². The van der Waals surface area contributed by atoms with Gasteiger partial charge in [-0.05, 0) is 17.7 Å². The van der Waals surface area contributed by atoms with Gasteiger partial charge >= 0.3 is 0 Å². The standard InChI is InChI=1S/C13H15ClFNO/c1-9-7-16(5-4-13(9)17)8-10-2-3-11(15)6-12(10)14/h2-3,6,9H,4-5,7-8H2,1H3. The zero-order chi connectivity index (χ0) is 12.4. The number of Topliss-reactive ketones (excluding diaryl/α,β-unsaturated/α-hetero) is 1. The number of hydrogen-bond acceptors (Lipinski definition) is 2. The van der Waals surface area contributed by atoms with Crippen molar-refractivity contribution in [1.29, 1.82) is 0 Å². The molecule has 1 aromatic carbocycles. The van der Waals surface area contributed by atoms with Gasteiger partial charge in [0.25, 0.3) is 0 Å². The van der Waals surface area contributed by atoms with E-state index >= 15 is 0 Å². The van der Waals surface area contributed by atoms with Crippen LogP contribution in [-0.4, -0.2) is 23.8 Å². The van der Waals surface area contributed by atoms with Gasteiger partial charge in [0, 0.05) is 37.0 Å². The summed E-state index contributed by atoms with van der Waals surface area (Å²) in [4.78, 5) is 13.6. The number of nitrogens with zero attached hydrogens (tertiary/aromatic N) is 1. The topological polar surface area (TPSA) is 20.3 Å². The number of rotatable bonds is 2. The van der Waals surface area contributed by atoms with Gasteiger partial charge in [-0.2, -0.15) is 0 Å². The summed E-state index contributed by atoms with van der Waals surface area (Å²) < 4.78 is 12.9. The fraction of sp³-hybridized carbons (Fsp3) is 0.462. The molecule has 0 aromatic heterocycles. The van der Waals surface area contributed by atoms with Crippen molar-refractivity contribution >= 4 is 17.4 Å². The third-order valence-electron chi connectivity index (χ3n) is 3.17. The SMILES string of the molecule is CC1CN(Cc2ccc(F)cc2Cl)CCC1=O. The summed E-state index contributed by atoms with van der Waals surface area (Å²) in [5.74, 6) is 0.0929. The minimum Gasteiger partial charge on any atom is -0.299 e. The molecule has 1 aliphatic rings. The van der Waals surface area contributed by atoms with Crippen molar-refractivity contribution in [2.45, 2.75) is 19.9 Å². The van der Waals surface area contributed by atoms with E-state index in [-0.39, 0.29) is 11.7 Å². The highest BCUT2D eigenvalue weighted by molar-refractivity contribution is 6.31. The average molecular weight is 256 g/mol. The monoisotopic (exact) mass is 255 g/mol. The normalized spacial score (nSPS) is 21.8. The number of benzene rings is 1. The van der Waals surface area contributed by atoms with Crippen molar-refractivity contribution in [3.05, 3.63) is 34.6 Å². The zero-order valence-corrected chi connectivity index (χ0v) is 10.5. The van der Waals surface area contributed by atoms with E-state index in [1.165, 1.54) is 12.1 Å².